The third-order valence-electron chi connectivity index (χ3n) is 8.78. The maximum Gasteiger partial charge on any atom is 0.352 e. The smallest absolute Gasteiger partial charge is 0.352 e. The summed E-state index contributed by atoms with van der Waals surface area (Å²) < 4.78 is 50.2. The molecule has 0 amide bonds. The average Bonchev–Trinajstić information content (AvgIpc) is 3.70. The number of nitrogens with zero attached hydrogens (tertiary/aromatic N) is 3. The molecule has 5 aromatic rings. The van der Waals surface area contributed by atoms with Crippen molar-refractivity contribution in [3.05, 3.63) is 82.0 Å². The van der Waals surface area contributed by atoms with Crippen molar-refractivity contribution in [2.75, 3.05) is 12.4 Å². The number of carboxylic acid groups (broad SMARTS) is 1. The van der Waals surface area contributed by atoms with Gasteiger partial charge in [-0.1, -0.05) is 37.2 Å². The number of carbonyl (C=O) groups is 1. The molecule has 242 valence electrons. The van der Waals surface area contributed by atoms with E-state index in [1.165, 1.54) is 12.1 Å². The van der Waals surface area contributed by atoms with Crippen molar-refractivity contribution >= 4 is 49.3 Å². The monoisotopic (exact) mass is 666 g/mol. The predicted octanol–water partition coefficient (Wildman–Crippen LogP) is 7.33. The highest BCUT2D eigenvalue weighted by atomic mass is 35.5. The van der Waals surface area contributed by atoms with Crippen LogP contribution in [0.3, 0.4) is 0 Å². The zero-order valence-corrected chi connectivity index (χ0v) is 26.2. The van der Waals surface area contributed by atoms with E-state index < -0.39 is 16.0 Å². The Bertz CT molecular complexity index is 2090. The highest BCUT2D eigenvalue weighted by Crippen LogP contribution is 2.43. The molecule has 0 saturated heterocycles. The number of sulfonamides is 1. The molecule has 2 N–H and O–H groups in total. The van der Waals surface area contributed by atoms with Crippen molar-refractivity contribution in [3.8, 4) is 16.9 Å². The number of H-pyrrole nitrogens is 1. The van der Waals surface area contributed by atoms with Crippen LogP contribution in [0, 0.1) is 12.7 Å². The summed E-state index contributed by atoms with van der Waals surface area (Å²) in [7, 11) is -3.62. The summed E-state index contributed by atoms with van der Waals surface area (Å²) in [5.74, 6) is -0.893. The second-order valence-corrected chi connectivity index (χ2v) is 14.2. The maximum absolute atomic E-state index is 13.7. The van der Waals surface area contributed by atoms with Crippen molar-refractivity contribution in [1.82, 2.24) is 19.1 Å². The van der Waals surface area contributed by atoms with E-state index in [1.54, 1.807) is 21.0 Å². The van der Waals surface area contributed by atoms with Gasteiger partial charge in [-0.3, -0.25) is 5.10 Å². The van der Waals surface area contributed by atoms with Crippen LogP contribution in [-0.2, 0) is 29.5 Å². The Morgan fingerprint density at radius 1 is 1.15 bits per heavy atom. The molecule has 46 heavy (non-hydrogen) atoms. The van der Waals surface area contributed by atoms with Crippen LogP contribution in [0.2, 0.25) is 5.02 Å². The first-order valence-electron chi connectivity index (χ1n) is 15.1. The van der Waals surface area contributed by atoms with E-state index in [2.05, 4.69) is 10.2 Å². The molecule has 0 unspecified atom stereocenters. The lowest BCUT2D eigenvalue weighted by atomic mass is 9.98. The summed E-state index contributed by atoms with van der Waals surface area (Å²) in [4.78, 5) is 12.9. The third kappa shape index (κ3) is 5.65. The zero-order valence-electron chi connectivity index (χ0n) is 24.6. The second-order valence-electron chi connectivity index (χ2n) is 11.8. The van der Waals surface area contributed by atoms with E-state index >= 15 is 0 Å². The standard InChI is InChI=1S/C33H32ClFN4O5S.CH4/c1-19-29-27(37-36-19)18-39(22-9-10-22)45(42,43)16-4-14-38-31-25(12-13-26(34)30(29)31)24(32(38)33(40)41)6-3-15-44-28-7-2-5-20-17-21(35)8-11-23(20)28;/h2,5,7-8,11-13,17,22H,3-4,6,9-10,14-16,18H2,1H3,(H,36,37)(H,40,41);1H4. The molecule has 0 bridgehead atoms. The Morgan fingerprint density at radius 2 is 1.93 bits per heavy atom. The molecular formula is C34H36ClFN4O5S. The first-order chi connectivity index (χ1) is 21.6. The van der Waals surface area contributed by atoms with Gasteiger partial charge in [0, 0.05) is 40.2 Å². The molecule has 2 aliphatic rings. The number of benzene rings is 3. The number of aromatic amines is 1. The van der Waals surface area contributed by atoms with Crippen LogP contribution in [0.5, 0.6) is 5.75 Å². The molecule has 0 radical (unpaired) electrons. The van der Waals surface area contributed by atoms with Crippen LogP contribution in [0.15, 0.2) is 48.5 Å². The Hall–Kier alpha value is -3.93. The lowest BCUT2D eigenvalue weighted by Crippen LogP contribution is -2.35. The molecule has 2 aromatic heterocycles. The summed E-state index contributed by atoms with van der Waals surface area (Å²) in [6.45, 7) is 2.49. The number of carboxylic acids is 1. The first kappa shape index (κ1) is 32.0. The van der Waals surface area contributed by atoms with Crippen molar-refractivity contribution < 1.29 is 27.4 Å². The van der Waals surface area contributed by atoms with Crippen molar-refractivity contribution in [2.24, 2.45) is 0 Å². The van der Waals surface area contributed by atoms with Gasteiger partial charge in [-0.25, -0.2) is 17.6 Å². The molecule has 12 heteroatoms. The van der Waals surface area contributed by atoms with E-state index in [9.17, 15) is 22.7 Å². The van der Waals surface area contributed by atoms with E-state index in [4.69, 9.17) is 16.3 Å². The van der Waals surface area contributed by atoms with Gasteiger partial charge in [-0.15, -0.1) is 0 Å². The predicted molar refractivity (Wildman–Crippen MR) is 178 cm³/mol. The highest BCUT2D eigenvalue weighted by Gasteiger charge is 2.39. The fourth-order valence-electron chi connectivity index (χ4n) is 6.65. The number of halogens is 2. The molecular weight excluding hydrogens is 631 g/mol. The number of nitrogens with one attached hydrogen (secondary N) is 1. The Labute approximate surface area is 272 Å². The van der Waals surface area contributed by atoms with Gasteiger partial charge in [0.05, 0.1) is 35.1 Å². The zero-order chi connectivity index (χ0) is 31.5. The second kappa shape index (κ2) is 12.4. The minimum absolute atomic E-state index is 0. The minimum atomic E-state index is -3.62. The molecule has 0 spiro atoms. The van der Waals surface area contributed by atoms with Gasteiger partial charge in [0.2, 0.25) is 10.0 Å². The van der Waals surface area contributed by atoms with Crippen LogP contribution in [-0.4, -0.2) is 57.0 Å². The van der Waals surface area contributed by atoms with Gasteiger partial charge in [0.15, 0.2) is 0 Å². The summed E-state index contributed by atoms with van der Waals surface area (Å²) in [6, 6.07) is 13.6. The summed E-state index contributed by atoms with van der Waals surface area (Å²) in [6.07, 6.45) is 2.77. The number of aromatic carboxylic acids is 1. The molecule has 1 aliphatic carbocycles. The van der Waals surface area contributed by atoms with Crippen molar-refractivity contribution in [2.45, 2.75) is 65.6 Å². The van der Waals surface area contributed by atoms with Gasteiger partial charge >= 0.3 is 5.97 Å². The third-order valence-corrected chi connectivity index (χ3v) is 11.0. The molecule has 1 fully saturated rings. The quantitative estimate of drug-likeness (QED) is 0.176. The summed E-state index contributed by atoms with van der Waals surface area (Å²) in [5, 5.41) is 20.8. The van der Waals surface area contributed by atoms with Gasteiger partial charge in [-0.05, 0) is 80.3 Å². The molecule has 3 heterocycles. The molecule has 1 saturated carbocycles. The summed E-state index contributed by atoms with van der Waals surface area (Å²) >= 11 is 6.91. The molecule has 0 atom stereocenters. The van der Waals surface area contributed by atoms with Crippen LogP contribution >= 0.6 is 11.6 Å². The topological polar surface area (TPSA) is 118 Å². The normalized spacial score (nSPS) is 16.5. The first-order valence-corrected chi connectivity index (χ1v) is 17.0. The lowest BCUT2D eigenvalue weighted by molar-refractivity contribution is 0.0684. The minimum Gasteiger partial charge on any atom is -0.493 e. The Balaban J connectivity index is 0.00000372. The number of aryl methyl sites for hydroxylation is 3. The molecule has 9 nitrogen and oxygen atoms in total. The van der Waals surface area contributed by atoms with Gasteiger partial charge in [0.25, 0.3) is 0 Å². The van der Waals surface area contributed by atoms with Crippen LogP contribution in [0.4, 0.5) is 4.39 Å². The van der Waals surface area contributed by atoms with Gasteiger partial charge in [0.1, 0.15) is 17.3 Å². The number of hydrogen-bond acceptors (Lipinski definition) is 5. The average molecular weight is 667 g/mol. The van der Waals surface area contributed by atoms with Crippen molar-refractivity contribution in [1.29, 1.82) is 0 Å². The van der Waals surface area contributed by atoms with E-state index in [1.807, 2.05) is 31.2 Å². The largest absolute Gasteiger partial charge is 0.493 e. The fourth-order valence-corrected chi connectivity index (χ4v) is 8.61. The van der Waals surface area contributed by atoms with Crippen LogP contribution in [0.1, 0.15) is 60.5 Å². The number of aromatic nitrogens is 3. The maximum atomic E-state index is 13.7. The lowest BCUT2D eigenvalue weighted by Gasteiger charge is -2.21. The Morgan fingerprint density at radius 3 is 2.70 bits per heavy atom. The number of ether oxygens (including phenoxy) is 1. The fraction of sp³-hybridized carbons (Fsp3) is 0.353. The number of hydrogen-bond donors (Lipinski definition) is 2. The van der Waals surface area contributed by atoms with E-state index in [0.717, 1.165) is 34.7 Å². The molecule has 7 rings (SSSR count). The highest BCUT2D eigenvalue weighted by molar-refractivity contribution is 7.89. The van der Waals surface area contributed by atoms with E-state index in [-0.39, 0.29) is 50.2 Å². The summed E-state index contributed by atoms with van der Waals surface area (Å²) in [5.41, 5.74) is 4.06. The Kier molecular flexibility index (Phi) is 8.60. The van der Waals surface area contributed by atoms with Gasteiger partial charge in [-0.2, -0.15) is 9.40 Å². The molecule has 3 aromatic carbocycles. The SMILES string of the molecule is C.Cc1[nH]nc2c1-c1c(Cl)ccc3c(CCCOc4cccc5cc(F)ccc45)c(C(=O)O)n(c13)CCCS(=O)(=O)N(C1CC1)C2. The van der Waals surface area contributed by atoms with Crippen molar-refractivity contribution in [3.63, 3.8) is 0 Å². The molecule has 1 aliphatic heterocycles. The van der Waals surface area contributed by atoms with E-state index in [0.29, 0.717) is 58.1 Å². The van der Waals surface area contributed by atoms with Crippen LogP contribution < -0.4 is 4.74 Å². The number of fused-ring (bicyclic) bond motifs is 3. The number of rotatable bonds is 7. The van der Waals surface area contributed by atoms with Gasteiger partial charge < -0.3 is 14.4 Å². The van der Waals surface area contributed by atoms with Crippen LogP contribution in [0.25, 0.3) is 32.8 Å².